The van der Waals surface area contributed by atoms with Crippen LogP contribution in [0.4, 0.5) is 8.78 Å². The molecule has 4 heteroatoms. The molecule has 0 saturated carbocycles. The summed E-state index contributed by atoms with van der Waals surface area (Å²) in [5.74, 6) is -1.85. The molecule has 0 aromatic heterocycles. The highest BCUT2D eigenvalue weighted by molar-refractivity contribution is 5.22. The Hall–Kier alpha value is -1.00. The van der Waals surface area contributed by atoms with E-state index in [-0.39, 0.29) is 0 Å². The van der Waals surface area contributed by atoms with Gasteiger partial charge in [-0.1, -0.05) is 6.07 Å². The minimum atomic E-state index is -0.944. The molecule has 2 rings (SSSR count). The molecule has 2 atom stereocenters. The summed E-state index contributed by atoms with van der Waals surface area (Å²) in [6.07, 6.45) is 1.72. The van der Waals surface area contributed by atoms with Gasteiger partial charge in [0.2, 0.25) is 0 Å². The van der Waals surface area contributed by atoms with Crippen molar-refractivity contribution in [1.29, 1.82) is 0 Å². The average Bonchev–Trinajstić information content (AvgIpc) is 2.33. The normalized spacial score (nSPS) is 26.8. The minimum Gasteiger partial charge on any atom is -0.385 e. The molecule has 1 aliphatic rings. The van der Waals surface area contributed by atoms with Gasteiger partial charge in [-0.15, -0.1) is 0 Å². The summed E-state index contributed by atoms with van der Waals surface area (Å²) in [4.78, 5) is 0. The first-order valence-corrected chi connectivity index (χ1v) is 5.80. The Kier molecular flexibility index (Phi) is 3.45. The summed E-state index contributed by atoms with van der Waals surface area (Å²) in [6.45, 7) is 2.40. The number of halogens is 2. The van der Waals surface area contributed by atoms with Gasteiger partial charge in [0, 0.05) is 6.61 Å². The summed E-state index contributed by atoms with van der Waals surface area (Å²) in [5, 5.41) is 10.2. The molecule has 94 valence electrons. The Morgan fingerprint density at radius 2 is 2.06 bits per heavy atom. The van der Waals surface area contributed by atoms with E-state index in [0.29, 0.717) is 18.6 Å². The third kappa shape index (κ3) is 2.48. The van der Waals surface area contributed by atoms with E-state index in [9.17, 15) is 13.9 Å². The maximum absolute atomic E-state index is 13.1. The van der Waals surface area contributed by atoms with Crippen molar-refractivity contribution in [1.82, 2.24) is 0 Å². The molecule has 1 heterocycles. The molecule has 2 nitrogen and oxygen atoms in total. The van der Waals surface area contributed by atoms with Crippen LogP contribution in [0.15, 0.2) is 18.2 Å². The average molecular weight is 242 g/mol. The van der Waals surface area contributed by atoms with E-state index in [1.807, 2.05) is 0 Å². The van der Waals surface area contributed by atoms with Crippen LogP contribution in [-0.4, -0.2) is 17.3 Å². The molecule has 1 N–H and O–H groups in total. The molecular formula is C13H16F2O2. The summed E-state index contributed by atoms with van der Waals surface area (Å²) in [6, 6.07) is 3.45. The zero-order valence-electron chi connectivity index (χ0n) is 9.75. The molecule has 0 aliphatic carbocycles. The number of aliphatic hydroxyl groups excluding tert-OH is 1. The SMILES string of the molecule is CC1(C(O)c2ccc(F)c(F)c2)CCCCO1. The van der Waals surface area contributed by atoms with Crippen LogP contribution in [-0.2, 0) is 4.74 Å². The van der Waals surface area contributed by atoms with Gasteiger partial charge in [0.25, 0.3) is 0 Å². The van der Waals surface area contributed by atoms with Crippen molar-refractivity contribution in [2.75, 3.05) is 6.61 Å². The minimum absolute atomic E-state index is 0.355. The third-order valence-corrected chi connectivity index (χ3v) is 3.34. The first kappa shape index (κ1) is 12.5. The van der Waals surface area contributed by atoms with Crippen LogP contribution in [0, 0.1) is 11.6 Å². The summed E-state index contributed by atoms with van der Waals surface area (Å²) in [5.41, 5.74) is -0.351. The van der Waals surface area contributed by atoms with Gasteiger partial charge in [-0.25, -0.2) is 8.78 Å². The molecule has 0 spiro atoms. The highest BCUT2D eigenvalue weighted by atomic mass is 19.2. The van der Waals surface area contributed by atoms with Gasteiger partial charge in [0.1, 0.15) is 6.10 Å². The quantitative estimate of drug-likeness (QED) is 0.864. The molecular weight excluding hydrogens is 226 g/mol. The van der Waals surface area contributed by atoms with E-state index in [1.165, 1.54) is 6.07 Å². The summed E-state index contributed by atoms with van der Waals surface area (Å²) < 4.78 is 31.5. The largest absolute Gasteiger partial charge is 0.385 e. The van der Waals surface area contributed by atoms with E-state index in [0.717, 1.165) is 25.0 Å². The van der Waals surface area contributed by atoms with E-state index >= 15 is 0 Å². The Balaban J connectivity index is 2.23. The Morgan fingerprint density at radius 3 is 2.65 bits per heavy atom. The second-order valence-corrected chi connectivity index (χ2v) is 4.69. The number of hydrogen-bond donors (Lipinski definition) is 1. The zero-order chi connectivity index (χ0) is 12.5. The second-order valence-electron chi connectivity index (χ2n) is 4.69. The fraction of sp³-hybridized carbons (Fsp3) is 0.538. The van der Waals surface area contributed by atoms with Crippen molar-refractivity contribution in [2.45, 2.75) is 37.9 Å². The maximum Gasteiger partial charge on any atom is 0.159 e. The topological polar surface area (TPSA) is 29.5 Å². The first-order chi connectivity index (χ1) is 8.03. The van der Waals surface area contributed by atoms with Crippen molar-refractivity contribution < 1.29 is 18.6 Å². The van der Waals surface area contributed by atoms with Crippen LogP contribution in [0.25, 0.3) is 0 Å². The van der Waals surface area contributed by atoms with Crippen LogP contribution in [0.3, 0.4) is 0 Å². The summed E-state index contributed by atoms with van der Waals surface area (Å²) >= 11 is 0. The Morgan fingerprint density at radius 1 is 1.29 bits per heavy atom. The molecule has 1 aliphatic heterocycles. The molecule has 1 saturated heterocycles. The lowest BCUT2D eigenvalue weighted by Crippen LogP contribution is -2.39. The van der Waals surface area contributed by atoms with Gasteiger partial charge >= 0.3 is 0 Å². The lowest BCUT2D eigenvalue weighted by Gasteiger charge is -2.38. The van der Waals surface area contributed by atoms with E-state index in [4.69, 9.17) is 4.74 Å². The predicted octanol–water partition coefficient (Wildman–Crippen LogP) is 2.96. The van der Waals surface area contributed by atoms with Crippen molar-refractivity contribution in [2.24, 2.45) is 0 Å². The van der Waals surface area contributed by atoms with Crippen LogP contribution in [0.5, 0.6) is 0 Å². The Bertz CT molecular complexity index is 400. The van der Waals surface area contributed by atoms with Gasteiger partial charge in [-0.05, 0) is 43.9 Å². The molecule has 0 radical (unpaired) electrons. The molecule has 1 aromatic rings. The van der Waals surface area contributed by atoms with Crippen molar-refractivity contribution in [3.63, 3.8) is 0 Å². The lowest BCUT2D eigenvalue weighted by molar-refractivity contribution is -0.138. The van der Waals surface area contributed by atoms with Crippen LogP contribution in [0.1, 0.15) is 37.9 Å². The van der Waals surface area contributed by atoms with E-state index < -0.39 is 23.3 Å². The van der Waals surface area contributed by atoms with Gasteiger partial charge in [0.05, 0.1) is 5.60 Å². The number of benzene rings is 1. The highest BCUT2D eigenvalue weighted by Crippen LogP contribution is 2.36. The van der Waals surface area contributed by atoms with Gasteiger partial charge < -0.3 is 9.84 Å². The maximum atomic E-state index is 13.1. The monoisotopic (exact) mass is 242 g/mol. The molecule has 1 fully saturated rings. The van der Waals surface area contributed by atoms with Gasteiger partial charge in [0.15, 0.2) is 11.6 Å². The van der Waals surface area contributed by atoms with Gasteiger partial charge in [-0.2, -0.15) is 0 Å². The van der Waals surface area contributed by atoms with Crippen LogP contribution in [0.2, 0.25) is 0 Å². The number of aliphatic hydroxyl groups is 1. The smallest absolute Gasteiger partial charge is 0.159 e. The second kappa shape index (κ2) is 4.70. The van der Waals surface area contributed by atoms with Gasteiger partial charge in [-0.3, -0.25) is 0 Å². The van der Waals surface area contributed by atoms with Crippen LogP contribution >= 0.6 is 0 Å². The fourth-order valence-electron chi connectivity index (χ4n) is 2.21. The van der Waals surface area contributed by atoms with Crippen LogP contribution < -0.4 is 0 Å². The number of hydrogen-bond acceptors (Lipinski definition) is 2. The van der Waals surface area contributed by atoms with E-state index in [1.54, 1.807) is 6.92 Å². The lowest BCUT2D eigenvalue weighted by atomic mass is 9.86. The van der Waals surface area contributed by atoms with E-state index in [2.05, 4.69) is 0 Å². The van der Waals surface area contributed by atoms with Crippen molar-refractivity contribution in [3.8, 4) is 0 Å². The molecule has 17 heavy (non-hydrogen) atoms. The molecule has 2 unspecified atom stereocenters. The molecule has 0 bridgehead atoms. The number of ether oxygens (including phenoxy) is 1. The fourth-order valence-corrected chi connectivity index (χ4v) is 2.21. The molecule has 1 aromatic carbocycles. The first-order valence-electron chi connectivity index (χ1n) is 5.80. The predicted molar refractivity (Wildman–Crippen MR) is 59.5 cm³/mol. The molecule has 0 amide bonds. The van der Waals surface area contributed by atoms with Crippen molar-refractivity contribution >= 4 is 0 Å². The standard InChI is InChI=1S/C13H16F2O2/c1-13(6-2-3-7-17-13)12(16)9-4-5-10(14)11(15)8-9/h4-5,8,12,16H,2-3,6-7H2,1H3. The number of rotatable bonds is 2. The Labute approximate surface area is 99.2 Å². The highest BCUT2D eigenvalue weighted by Gasteiger charge is 2.36. The van der Waals surface area contributed by atoms with Crippen molar-refractivity contribution in [3.05, 3.63) is 35.4 Å². The summed E-state index contributed by atoms with van der Waals surface area (Å²) in [7, 11) is 0. The zero-order valence-corrected chi connectivity index (χ0v) is 9.75. The third-order valence-electron chi connectivity index (χ3n) is 3.34.